The summed E-state index contributed by atoms with van der Waals surface area (Å²) in [6, 6.07) is 18.0. The molecule has 0 aliphatic carbocycles. The molecule has 7 heteroatoms. The van der Waals surface area contributed by atoms with Crippen LogP contribution in [0.15, 0.2) is 73.1 Å². The highest BCUT2D eigenvalue weighted by Crippen LogP contribution is 2.31. The van der Waals surface area contributed by atoms with Gasteiger partial charge in [-0.05, 0) is 41.5 Å². The Labute approximate surface area is 180 Å². The van der Waals surface area contributed by atoms with Crippen LogP contribution in [0.4, 0.5) is 8.78 Å². The first-order valence-electron chi connectivity index (χ1n) is 9.19. The Morgan fingerprint density at radius 2 is 1.70 bits per heavy atom. The number of rotatable bonds is 4. The van der Waals surface area contributed by atoms with Gasteiger partial charge in [-0.25, -0.2) is 18.7 Å². The molecule has 0 atom stereocenters. The molecule has 148 valence electrons. The number of imidazole rings is 1. The van der Waals surface area contributed by atoms with Crippen LogP contribution in [0.1, 0.15) is 5.56 Å². The van der Waals surface area contributed by atoms with Crippen LogP contribution in [0.5, 0.6) is 0 Å². The molecule has 5 rings (SSSR count). The average Bonchev–Trinajstić information content (AvgIpc) is 3.36. The Morgan fingerprint density at radius 1 is 0.900 bits per heavy atom. The first kappa shape index (κ1) is 18.9. The molecule has 3 heterocycles. The van der Waals surface area contributed by atoms with Crippen molar-refractivity contribution in [1.82, 2.24) is 14.5 Å². The maximum absolute atomic E-state index is 14.1. The Balaban J connectivity index is 1.40. The normalized spacial score (nSPS) is 11.3. The highest BCUT2D eigenvalue weighted by Gasteiger charge is 2.17. The summed E-state index contributed by atoms with van der Waals surface area (Å²) in [5.74, 6) is -1.67. The average molecular weight is 438 g/mol. The molecule has 2 aliphatic heterocycles. The number of aromatic nitrogens is 3. The molecule has 0 fully saturated rings. The van der Waals surface area contributed by atoms with Crippen LogP contribution in [-0.2, 0) is 6.54 Å². The van der Waals surface area contributed by atoms with E-state index in [1.807, 2.05) is 35.2 Å². The molecule has 3 nitrogen and oxygen atoms in total. The SMILES string of the molecule is Fc1cccc(-c2nc3ccn(Cc4ccc(-c5ccc(Cl)s5)cc4)cc-3n2)c1F. The smallest absolute Gasteiger partial charge is 0.169 e. The summed E-state index contributed by atoms with van der Waals surface area (Å²) in [6.07, 6.45) is 3.76. The van der Waals surface area contributed by atoms with Gasteiger partial charge in [-0.1, -0.05) is 41.9 Å². The summed E-state index contributed by atoms with van der Waals surface area (Å²) < 4.78 is 30.4. The molecule has 0 amide bonds. The van der Waals surface area contributed by atoms with Crippen LogP contribution in [0, 0.1) is 11.6 Å². The number of benzene rings is 2. The second-order valence-corrected chi connectivity index (χ2v) is 8.55. The minimum Gasteiger partial charge on any atom is -0.348 e. The summed E-state index contributed by atoms with van der Waals surface area (Å²) in [5, 5.41) is 0. The second kappa shape index (κ2) is 7.63. The van der Waals surface area contributed by atoms with E-state index in [0.717, 1.165) is 26.4 Å². The highest BCUT2D eigenvalue weighted by atomic mass is 35.5. The lowest BCUT2D eigenvalue weighted by atomic mass is 10.1. The van der Waals surface area contributed by atoms with E-state index in [0.29, 0.717) is 17.9 Å². The third-order valence-corrected chi connectivity index (χ3v) is 6.08. The summed E-state index contributed by atoms with van der Waals surface area (Å²) in [5.41, 5.74) is 3.57. The predicted molar refractivity (Wildman–Crippen MR) is 116 cm³/mol. The largest absolute Gasteiger partial charge is 0.348 e. The van der Waals surface area contributed by atoms with Gasteiger partial charge in [0.15, 0.2) is 17.5 Å². The van der Waals surface area contributed by atoms with E-state index in [2.05, 4.69) is 34.2 Å². The molecule has 2 aromatic carbocycles. The second-order valence-electron chi connectivity index (χ2n) is 6.84. The molecule has 1 aromatic heterocycles. The summed E-state index contributed by atoms with van der Waals surface area (Å²) in [7, 11) is 0. The van der Waals surface area contributed by atoms with Gasteiger partial charge in [-0.3, -0.25) is 0 Å². The van der Waals surface area contributed by atoms with Crippen molar-refractivity contribution >= 4 is 22.9 Å². The van der Waals surface area contributed by atoms with Gasteiger partial charge in [0.05, 0.1) is 15.6 Å². The van der Waals surface area contributed by atoms with Crippen LogP contribution in [0.2, 0.25) is 4.34 Å². The Hall–Kier alpha value is -3.09. The minimum atomic E-state index is -0.937. The van der Waals surface area contributed by atoms with Crippen molar-refractivity contribution in [1.29, 1.82) is 0 Å². The van der Waals surface area contributed by atoms with E-state index < -0.39 is 11.6 Å². The summed E-state index contributed by atoms with van der Waals surface area (Å²) in [4.78, 5) is 9.86. The first-order chi connectivity index (χ1) is 14.6. The quantitative estimate of drug-likeness (QED) is 0.311. The van der Waals surface area contributed by atoms with Gasteiger partial charge in [-0.15, -0.1) is 11.3 Å². The maximum atomic E-state index is 14.1. The van der Waals surface area contributed by atoms with Crippen LogP contribution in [-0.4, -0.2) is 14.5 Å². The molecule has 3 aromatic rings. The van der Waals surface area contributed by atoms with E-state index in [9.17, 15) is 8.78 Å². The molecular formula is C23H14ClF2N3S. The van der Waals surface area contributed by atoms with Crippen LogP contribution >= 0.6 is 22.9 Å². The van der Waals surface area contributed by atoms with Gasteiger partial charge in [0.2, 0.25) is 0 Å². The van der Waals surface area contributed by atoms with Gasteiger partial charge >= 0.3 is 0 Å². The topological polar surface area (TPSA) is 30.7 Å². The zero-order valence-corrected chi connectivity index (χ0v) is 17.1. The number of hydrogen-bond donors (Lipinski definition) is 0. The van der Waals surface area contributed by atoms with Crippen LogP contribution < -0.4 is 0 Å². The maximum Gasteiger partial charge on any atom is 0.169 e. The fraction of sp³-hybridized carbons (Fsp3) is 0.0435. The fourth-order valence-electron chi connectivity index (χ4n) is 3.30. The lowest BCUT2D eigenvalue weighted by Crippen LogP contribution is -2.00. The Bertz CT molecular complexity index is 1310. The lowest BCUT2D eigenvalue weighted by molar-refractivity contribution is 0.510. The van der Waals surface area contributed by atoms with Crippen molar-refractivity contribution in [2.45, 2.75) is 6.54 Å². The Morgan fingerprint density at radius 3 is 2.47 bits per heavy atom. The molecular weight excluding hydrogens is 424 g/mol. The standard InChI is InChI=1S/C23H14ClF2N3S/c24-21-9-8-20(30-21)15-6-4-14(5-7-15)12-29-11-10-18-19(13-29)28-23(27-18)16-2-1-3-17(25)22(16)26/h1-11,13H,12H2. The molecule has 2 aliphatic rings. The lowest BCUT2D eigenvalue weighted by Gasteiger charge is -2.08. The van der Waals surface area contributed by atoms with Crippen molar-refractivity contribution < 1.29 is 8.78 Å². The van der Waals surface area contributed by atoms with E-state index >= 15 is 0 Å². The molecule has 0 N–H and O–H groups in total. The number of thiophene rings is 1. The monoisotopic (exact) mass is 437 g/mol. The van der Waals surface area contributed by atoms with Crippen molar-refractivity contribution in [3.8, 4) is 33.2 Å². The molecule has 0 radical (unpaired) electrons. The molecule has 0 saturated carbocycles. The zero-order valence-electron chi connectivity index (χ0n) is 15.5. The third-order valence-electron chi connectivity index (χ3n) is 4.80. The van der Waals surface area contributed by atoms with Gasteiger partial charge < -0.3 is 4.57 Å². The van der Waals surface area contributed by atoms with E-state index in [-0.39, 0.29) is 11.4 Å². The number of halogens is 3. The summed E-state index contributed by atoms with van der Waals surface area (Å²) in [6.45, 7) is 0.651. The molecule has 0 spiro atoms. The van der Waals surface area contributed by atoms with Gasteiger partial charge in [0.1, 0.15) is 5.69 Å². The van der Waals surface area contributed by atoms with Crippen molar-refractivity contribution in [2.24, 2.45) is 0 Å². The van der Waals surface area contributed by atoms with E-state index in [1.54, 1.807) is 11.3 Å². The van der Waals surface area contributed by atoms with Gasteiger partial charge in [0, 0.05) is 23.8 Å². The Kier molecular flexibility index (Phi) is 4.81. The molecule has 30 heavy (non-hydrogen) atoms. The number of pyridine rings is 1. The predicted octanol–water partition coefficient (Wildman–Crippen LogP) is 6.76. The molecule has 0 saturated heterocycles. The summed E-state index contributed by atoms with van der Waals surface area (Å²) >= 11 is 7.57. The van der Waals surface area contributed by atoms with Crippen molar-refractivity contribution in [3.63, 3.8) is 0 Å². The number of fused-ring (bicyclic) bond motifs is 1. The fourth-order valence-corrected chi connectivity index (χ4v) is 4.35. The minimum absolute atomic E-state index is 0.0574. The molecule has 0 bridgehead atoms. The number of hydrogen-bond acceptors (Lipinski definition) is 3. The van der Waals surface area contributed by atoms with Gasteiger partial charge in [-0.2, -0.15) is 0 Å². The number of nitrogens with zero attached hydrogens (tertiary/aromatic N) is 3. The van der Waals surface area contributed by atoms with E-state index in [1.165, 1.54) is 12.1 Å². The third kappa shape index (κ3) is 3.60. The van der Waals surface area contributed by atoms with Crippen LogP contribution in [0.25, 0.3) is 33.2 Å². The van der Waals surface area contributed by atoms with Crippen LogP contribution in [0.3, 0.4) is 0 Å². The molecule has 0 unspecified atom stereocenters. The van der Waals surface area contributed by atoms with Gasteiger partial charge in [0.25, 0.3) is 0 Å². The van der Waals surface area contributed by atoms with E-state index in [4.69, 9.17) is 11.6 Å². The highest BCUT2D eigenvalue weighted by molar-refractivity contribution is 7.19. The zero-order chi connectivity index (χ0) is 20.7. The van der Waals surface area contributed by atoms with Crippen molar-refractivity contribution in [3.05, 3.63) is 94.6 Å². The van der Waals surface area contributed by atoms with Crippen molar-refractivity contribution in [2.75, 3.05) is 0 Å². The first-order valence-corrected chi connectivity index (χ1v) is 10.4.